The summed E-state index contributed by atoms with van der Waals surface area (Å²) in [6.45, 7) is 2.90. The molecule has 1 aromatic rings. The molecule has 0 N–H and O–H groups in total. The molecule has 6 nitrogen and oxygen atoms in total. The van der Waals surface area contributed by atoms with E-state index < -0.39 is 16.1 Å². The van der Waals surface area contributed by atoms with Crippen molar-refractivity contribution in [3.8, 4) is 5.75 Å². The Morgan fingerprint density at radius 3 is 2.35 bits per heavy atom. The number of carbonyl (C=O) groups is 1. The summed E-state index contributed by atoms with van der Waals surface area (Å²) in [5.74, 6) is 0.177. The molecule has 1 aliphatic rings. The molecule has 1 amide bonds. The summed E-state index contributed by atoms with van der Waals surface area (Å²) in [6.07, 6.45) is 0.442. The van der Waals surface area contributed by atoms with Crippen molar-refractivity contribution < 1.29 is 17.9 Å². The van der Waals surface area contributed by atoms with Crippen LogP contribution in [0.1, 0.15) is 6.92 Å². The number of sulfonamides is 1. The summed E-state index contributed by atoms with van der Waals surface area (Å²) < 4.78 is 29.9. The molecule has 1 aromatic carbocycles. The highest BCUT2D eigenvalue weighted by atomic mass is 35.5. The largest absolute Gasteiger partial charge is 0.479 e. The molecular weight excluding hydrogens is 363 g/mol. The lowest BCUT2D eigenvalue weighted by Crippen LogP contribution is -2.53. The molecule has 23 heavy (non-hydrogen) atoms. The summed E-state index contributed by atoms with van der Waals surface area (Å²) in [6, 6.07) is 4.78. The molecule has 0 aromatic heterocycles. The molecule has 128 valence electrons. The third-order valence-corrected chi connectivity index (χ3v) is 5.40. The lowest BCUT2D eigenvalue weighted by atomic mass is 10.2. The van der Waals surface area contributed by atoms with Crippen molar-refractivity contribution in [1.29, 1.82) is 0 Å². The van der Waals surface area contributed by atoms with Crippen molar-refractivity contribution in [1.82, 2.24) is 9.21 Å². The van der Waals surface area contributed by atoms with E-state index in [1.165, 1.54) is 10.6 Å². The molecule has 1 fully saturated rings. The highest BCUT2D eigenvalue weighted by Crippen LogP contribution is 2.28. The Kier molecular flexibility index (Phi) is 5.78. The Labute approximate surface area is 146 Å². The third-order valence-electron chi connectivity index (χ3n) is 3.56. The second-order valence-electron chi connectivity index (χ2n) is 5.32. The van der Waals surface area contributed by atoms with E-state index in [0.29, 0.717) is 42.0 Å². The van der Waals surface area contributed by atoms with Crippen LogP contribution >= 0.6 is 23.2 Å². The Balaban J connectivity index is 1.95. The van der Waals surface area contributed by atoms with Crippen LogP contribution in [0, 0.1) is 0 Å². The van der Waals surface area contributed by atoms with E-state index in [4.69, 9.17) is 27.9 Å². The first-order valence-corrected chi connectivity index (χ1v) is 9.64. The van der Waals surface area contributed by atoms with Crippen molar-refractivity contribution in [2.75, 3.05) is 32.4 Å². The van der Waals surface area contributed by atoms with Crippen LogP contribution in [0.4, 0.5) is 0 Å². The number of carbonyl (C=O) groups excluding carboxylic acids is 1. The van der Waals surface area contributed by atoms with Gasteiger partial charge in [-0.15, -0.1) is 0 Å². The Bertz CT molecular complexity index is 688. The van der Waals surface area contributed by atoms with E-state index in [1.807, 2.05) is 0 Å². The molecule has 9 heteroatoms. The van der Waals surface area contributed by atoms with E-state index in [1.54, 1.807) is 30.0 Å². The second kappa shape index (κ2) is 7.25. The predicted molar refractivity (Wildman–Crippen MR) is 89.5 cm³/mol. The van der Waals surface area contributed by atoms with E-state index >= 15 is 0 Å². The average molecular weight is 381 g/mol. The van der Waals surface area contributed by atoms with Gasteiger partial charge in [0, 0.05) is 31.2 Å². The first-order chi connectivity index (χ1) is 10.7. The smallest absolute Gasteiger partial charge is 0.263 e. The molecule has 1 saturated heterocycles. The summed E-state index contributed by atoms with van der Waals surface area (Å²) in [4.78, 5) is 14.0. The lowest BCUT2D eigenvalue weighted by molar-refractivity contribution is -0.139. The van der Waals surface area contributed by atoms with Crippen molar-refractivity contribution in [2.45, 2.75) is 13.0 Å². The van der Waals surface area contributed by atoms with Gasteiger partial charge in [-0.05, 0) is 25.1 Å². The fraction of sp³-hybridized carbons (Fsp3) is 0.500. The van der Waals surface area contributed by atoms with E-state index in [-0.39, 0.29) is 5.91 Å². The molecule has 1 heterocycles. The summed E-state index contributed by atoms with van der Waals surface area (Å²) >= 11 is 11.8. The minimum Gasteiger partial charge on any atom is -0.479 e. The predicted octanol–water partition coefficient (Wildman–Crippen LogP) is 1.86. The summed E-state index contributed by atoms with van der Waals surface area (Å²) in [5, 5.41) is 0.817. The quantitative estimate of drug-likeness (QED) is 0.799. The molecule has 0 radical (unpaired) electrons. The van der Waals surface area contributed by atoms with Gasteiger partial charge in [-0.2, -0.15) is 4.31 Å². The van der Waals surface area contributed by atoms with Crippen molar-refractivity contribution >= 4 is 39.1 Å². The lowest BCUT2D eigenvalue weighted by Gasteiger charge is -2.34. The van der Waals surface area contributed by atoms with Crippen LogP contribution < -0.4 is 4.74 Å². The van der Waals surface area contributed by atoms with Crippen LogP contribution in [-0.4, -0.2) is 62.1 Å². The van der Waals surface area contributed by atoms with Gasteiger partial charge in [0.15, 0.2) is 6.10 Å². The number of ether oxygens (including phenoxy) is 1. The van der Waals surface area contributed by atoms with Crippen LogP contribution in [0.15, 0.2) is 18.2 Å². The molecule has 0 unspecified atom stereocenters. The van der Waals surface area contributed by atoms with Gasteiger partial charge in [0.05, 0.1) is 11.3 Å². The minimum atomic E-state index is -3.22. The van der Waals surface area contributed by atoms with E-state index in [0.717, 1.165) is 0 Å². The molecular formula is C14H18Cl2N2O4S. The summed E-state index contributed by atoms with van der Waals surface area (Å²) in [7, 11) is -3.22. The first-order valence-electron chi connectivity index (χ1n) is 7.04. The molecule has 2 rings (SSSR count). The fourth-order valence-electron chi connectivity index (χ4n) is 2.31. The molecule has 1 atom stereocenters. The van der Waals surface area contributed by atoms with E-state index in [2.05, 4.69) is 0 Å². The number of amides is 1. The SMILES string of the molecule is C[C@@H](Oc1ccc(Cl)cc1Cl)C(=O)N1CCN(S(C)(=O)=O)CC1. The number of hydrogen-bond donors (Lipinski definition) is 0. The average Bonchev–Trinajstić information content (AvgIpc) is 2.48. The van der Waals surface area contributed by atoms with Gasteiger partial charge in [0.1, 0.15) is 5.75 Å². The highest BCUT2D eigenvalue weighted by Gasteiger charge is 2.29. The van der Waals surface area contributed by atoms with Gasteiger partial charge in [0.2, 0.25) is 10.0 Å². The fourth-order valence-corrected chi connectivity index (χ4v) is 3.59. The number of nitrogens with zero attached hydrogens (tertiary/aromatic N) is 2. The highest BCUT2D eigenvalue weighted by molar-refractivity contribution is 7.88. The normalized spacial score (nSPS) is 17.8. The van der Waals surface area contributed by atoms with E-state index in [9.17, 15) is 13.2 Å². The monoisotopic (exact) mass is 380 g/mol. The van der Waals surface area contributed by atoms with Gasteiger partial charge in [-0.25, -0.2) is 8.42 Å². The van der Waals surface area contributed by atoms with Crippen LogP contribution in [0.25, 0.3) is 0 Å². The van der Waals surface area contributed by atoms with Crippen molar-refractivity contribution in [2.24, 2.45) is 0 Å². The van der Waals surface area contributed by atoms with Gasteiger partial charge in [0.25, 0.3) is 5.91 Å². The van der Waals surface area contributed by atoms with Gasteiger partial charge in [-0.1, -0.05) is 23.2 Å². The maximum Gasteiger partial charge on any atom is 0.263 e. The van der Waals surface area contributed by atoms with Gasteiger partial charge < -0.3 is 9.64 Å². The Morgan fingerprint density at radius 2 is 1.83 bits per heavy atom. The maximum absolute atomic E-state index is 12.4. The number of benzene rings is 1. The third kappa shape index (κ3) is 4.73. The minimum absolute atomic E-state index is 0.204. The van der Waals surface area contributed by atoms with Crippen LogP contribution in [0.5, 0.6) is 5.75 Å². The van der Waals surface area contributed by atoms with Gasteiger partial charge in [-0.3, -0.25) is 4.79 Å². The molecule has 1 aliphatic heterocycles. The topological polar surface area (TPSA) is 66.9 Å². The number of piperazine rings is 1. The van der Waals surface area contributed by atoms with Crippen molar-refractivity contribution in [3.05, 3.63) is 28.2 Å². The number of halogens is 2. The Hall–Kier alpha value is -1.02. The standard InChI is InChI=1S/C14H18Cl2N2O4S/c1-10(22-13-4-3-11(15)9-12(13)16)14(19)17-5-7-18(8-6-17)23(2,20)21/h3-4,9-10H,5-8H2,1-2H3/t10-/m1/s1. The zero-order chi connectivity index (χ0) is 17.2. The zero-order valence-corrected chi connectivity index (χ0v) is 15.2. The van der Waals surface area contributed by atoms with Crippen LogP contribution in [0.2, 0.25) is 10.0 Å². The molecule has 0 aliphatic carbocycles. The van der Waals surface area contributed by atoms with Crippen LogP contribution in [0.3, 0.4) is 0 Å². The molecule has 0 spiro atoms. The second-order valence-corrected chi connectivity index (χ2v) is 8.15. The molecule has 0 saturated carbocycles. The molecule has 0 bridgehead atoms. The first kappa shape index (κ1) is 18.3. The van der Waals surface area contributed by atoms with Gasteiger partial charge >= 0.3 is 0 Å². The zero-order valence-electron chi connectivity index (χ0n) is 12.8. The number of rotatable bonds is 4. The summed E-state index contributed by atoms with van der Waals surface area (Å²) in [5.41, 5.74) is 0. The number of hydrogen-bond acceptors (Lipinski definition) is 4. The maximum atomic E-state index is 12.4. The Morgan fingerprint density at radius 1 is 1.22 bits per heavy atom. The van der Waals surface area contributed by atoms with Crippen LogP contribution in [-0.2, 0) is 14.8 Å². The van der Waals surface area contributed by atoms with Crippen molar-refractivity contribution in [3.63, 3.8) is 0 Å².